The summed E-state index contributed by atoms with van der Waals surface area (Å²) in [4.78, 5) is 10.9. The lowest BCUT2D eigenvalue weighted by Gasteiger charge is -2.11. The Labute approximate surface area is 95.8 Å². The predicted molar refractivity (Wildman–Crippen MR) is 54.7 cm³/mol. The van der Waals surface area contributed by atoms with Gasteiger partial charge in [0.05, 0.1) is 6.04 Å². The van der Waals surface area contributed by atoms with Crippen LogP contribution in [0.25, 0.3) is 0 Å². The van der Waals surface area contributed by atoms with Crippen LogP contribution in [0, 0.1) is 17.5 Å². The normalized spacial score (nSPS) is 23.9. The van der Waals surface area contributed by atoms with Gasteiger partial charge in [-0.3, -0.25) is 4.79 Å². The van der Waals surface area contributed by atoms with Gasteiger partial charge in [-0.25, -0.2) is 13.2 Å². The number of primary amides is 1. The third-order valence-electron chi connectivity index (χ3n) is 2.96. The van der Waals surface area contributed by atoms with E-state index in [0.29, 0.717) is 0 Å². The summed E-state index contributed by atoms with van der Waals surface area (Å²) in [7, 11) is 0. The van der Waals surface area contributed by atoms with E-state index in [4.69, 9.17) is 5.73 Å². The van der Waals surface area contributed by atoms with Crippen LogP contribution in [-0.2, 0) is 4.79 Å². The first kappa shape index (κ1) is 11.9. The molecule has 0 radical (unpaired) electrons. The van der Waals surface area contributed by atoms with Crippen LogP contribution < -0.4 is 11.1 Å². The Bertz CT molecular complexity index is 464. The Morgan fingerprint density at radius 2 is 1.94 bits per heavy atom. The molecule has 0 aliphatic carbocycles. The second kappa shape index (κ2) is 4.37. The third kappa shape index (κ3) is 2.12. The van der Waals surface area contributed by atoms with Crippen molar-refractivity contribution in [1.29, 1.82) is 0 Å². The molecule has 1 saturated heterocycles. The molecule has 1 amide bonds. The molecule has 1 unspecified atom stereocenters. The maximum atomic E-state index is 13.5. The molecule has 17 heavy (non-hydrogen) atoms. The first-order valence-corrected chi connectivity index (χ1v) is 5.16. The van der Waals surface area contributed by atoms with E-state index in [2.05, 4.69) is 5.32 Å². The summed E-state index contributed by atoms with van der Waals surface area (Å²) in [6, 6.07) is 0.995. The zero-order valence-electron chi connectivity index (χ0n) is 8.84. The molecule has 2 atom stereocenters. The molecule has 6 heteroatoms. The van der Waals surface area contributed by atoms with E-state index in [1.54, 1.807) is 0 Å². The fourth-order valence-corrected chi connectivity index (χ4v) is 2.09. The molecule has 0 bridgehead atoms. The molecule has 1 fully saturated rings. The standard InChI is InChI=1S/C11H11F3N2O/c12-6-1-2-7(13)10(14)9(6)5-3-8(11(15)17)16-4-5/h1-2,5,8,16H,3-4H2,(H2,15,17)/t5-,8?/m0/s1. The molecule has 3 nitrogen and oxygen atoms in total. The number of carbonyl (C=O) groups excluding carboxylic acids is 1. The molecule has 1 aromatic carbocycles. The number of benzene rings is 1. The Kier molecular flexibility index (Phi) is 3.06. The van der Waals surface area contributed by atoms with Crippen molar-refractivity contribution >= 4 is 5.91 Å². The Morgan fingerprint density at radius 1 is 1.29 bits per heavy atom. The van der Waals surface area contributed by atoms with Gasteiger partial charge in [0.1, 0.15) is 5.82 Å². The van der Waals surface area contributed by atoms with Crippen LogP contribution in [0.15, 0.2) is 12.1 Å². The lowest BCUT2D eigenvalue weighted by atomic mass is 9.95. The first-order valence-electron chi connectivity index (χ1n) is 5.16. The molecule has 2 rings (SSSR count). The summed E-state index contributed by atoms with van der Waals surface area (Å²) >= 11 is 0. The van der Waals surface area contributed by atoms with Gasteiger partial charge in [0.25, 0.3) is 0 Å². The highest BCUT2D eigenvalue weighted by molar-refractivity contribution is 5.80. The topological polar surface area (TPSA) is 55.1 Å². The van der Waals surface area contributed by atoms with Crippen LogP contribution >= 0.6 is 0 Å². The van der Waals surface area contributed by atoms with Crippen molar-refractivity contribution in [3.05, 3.63) is 35.1 Å². The van der Waals surface area contributed by atoms with Gasteiger partial charge in [-0.1, -0.05) is 0 Å². The summed E-state index contributed by atoms with van der Waals surface area (Å²) in [5, 5.41) is 2.75. The average Bonchev–Trinajstić information content (AvgIpc) is 2.73. The smallest absolute Gasteiger partial charge is 0.234 e. The summed E-state index contributed by atoms with van der Waals surface area (Å²) in [6.45, 7) is 0.199. The van der Waals surface area contributed by atoms with Crippen molar-refractivity contribution in [2.24, 2.45) is 5.73 Å². The summed E-state index contributed by atoms with van der Waals surface area (Å²) in [5.41, 5.74) is 4.76. The fourth-order valence-electron chi connectivity index (χ4n) is 2.09. The van der Waals surface area contributed by atoms with E-state index in [1.807, 2.05) is 0 Å². The van der Waals surface area contributed by atoms with Crippen LogP contribution in [0.5, 0.6) is 0 Å². The number of nitrogens with one attached hydrogen (secondary N) is 1. The van der Waals surface area contributed by atoms with Gasteiger partial charge in [-0.05, 0) is 18.6 Å². The highest BCUT2D eigenvalue weighted by Gasteiger charge is 2.32. The van der Waals surface area contributed by atoms with Crippen LogP contribution in [-0.4, -0.2) is 18.5 Å². The second-order valence-corrected chi connectivity index (χ2v) is 4.05. The summed E-state index contributed by atoms with van der Waals surface area (Å²) in [5.74, 6) is -4.25. The van der Waals surface area contributed by atoms with Crippen molar-refractivity contribution in [3.8, 4) is 0 Å². The monoisotopic (exact) mass is 244 g/mol. The minimum atomic E-state index is -1.19. The van der Waals surface area contributed by atoms with Crippen molar-refractivity contribution in [1.82, 2.24) is 5.32 Å². The number of hydrogen-bond donors (Lipinski definition) is 2. The molecule has 3 N–H and O–H groups in total. The number of amides is 1. The van der Waals surface area contributed by atoms with E-state index in [1.165, 1.54) is 0 Å². The maximum Gasteiger partial charge on any atom is 0.234 e. The average molecular weight is 244 g/mol. The lowest BCUT2D eigenvalue weighted by molar-refractivity contribution is -0.119. The van der Waals surface area contributed by atoms with E-state index in [-0.39, 0.29) is 18.5 Å². The minimum absolute atomic E-state index is 0.173. The molecule has 1 aliphatic rings. The quantitative estimate of drug-likeness (QED) is 0.763. The van der Waals surface area contributed by atoms with Crippen LogP contribution in [0.4, 0.5) is 13.2 Å². The summed E-state index contributed by atoms with van der Waals surface area (Å²) < 4.78 is 40.0. The van der Waals surface area contributed by atoms with Gasteiger partial charge in [0, 0.05) is 18.0 Å². The molecule has 1 heterocycles. The number of hydrogen-bond acceptors (Lipinski definition) is 2. The lowest BCUT2D eigenvalue weighted by Crippen LogP contribution is -2.36. The number of halogens is 3. The molecule has 92 valence electrons. The fraction of sp³-hybridized carbons (Fsp3) is 0.364. The third-order valence-corrected chi connectivity index (χ3v) is 2.96. The van der Waals surface area contributed by atoms with Crippen LogP contribution in [0.3, 0.4) is 0 Å². The number of nitrogens with two attached hydrogens (primary N) is 1. The van der Waals surface area contributed by atoms with E-state index < -0.39 is 35.3 Å². The molecular formula is C11H11F3N2O. The highest BCUT2D eigenvalue weighted by Crippen LogP contribution is 2.30. The Hall–Kier alpha value is -1.56. The van der Waals surface area contributed by atoms with Crippen molar-refractivity contribution in [3.63, 3.8) is 0 Å². The summed E-state index contributed by atoms with van der Waals surface area (Å²) in [6.07, 6.45) is 0.173. The number of rotatable bonds is 2. The van der Waals surface area contributed by atoms with Crippen molar-refractivity contribution in [2.45, 2.75) is 18.4 Å². The van der Waals surface area contributed by atoms with Crippen molar-refractivity contribution < 1.29 is 18.0 Å². The van der Waals surface area contributed by atoms with Gasteiger partial charge < -0.3 is 11.1 Å². The molecule has 0 aromatic heterocycles. The molecule has 1 aromatic rings. The molecule has 1 aliphatic heterocycles. The van der Waals surface area contributed by atoms with E-state index >= 15 is 0 Å². The zero-order chi connectivity index (χ0) is 12.6. The Balaban J connectivity index is 2.30. The van der Waals surface area contributed by atoms with E-state index in [0.717, 1.165) is 12.1 Å². The van der Waals surface area contributed by atoms with Gasteiger partial charge in [0.15, 0.2) is 11.6 Å². The largest absolute Gasteiger partial charge is 0.368 e. The second-order valence-electron chi connectivity index (χ2n) is 4.05. The van der Waals surface area contributed by atoms with Gasteiger partial charge in [0.2, 0.25) is 5.91 Å². The van der Waals surface area contributed by atoms with Crippen LogP contribution in [0.2, 0.25) is 0 Å². The Morgan fingerprint density at radius 3 is 2.53 bits per heavy atom. The molecule has 0 spiro atoms. The van der Waals surface area contributed by atoms with Crippen LogP contribution in [0.1, 0.15) is 17.9 Å². The molecule has 0 saturated carbocycles. The maximum absolute atomic E-state index is 13.5. The SMILES string of the molecule is NC(=O)C1C[C@H](c2c(F)ccc(F)c2F)CN1. The highest BCUT2D eigenvalue weighted by atomic mass is 19.2. The predicted octanol–water partition coefficient (Wildman–Crippen LogP) is 1.03. The van der Waals surface area contributed by atoms with Crippen molar-refractivity contribution in [2.75, 3.05) is 6.54 Å². The van der Waals surface area contributed by atoms with Gasteiger partial charge in [-0.15, -0.1) is 0 Å². The van der Waals surface area contributed by atoms with E-state index in [9.17, 15) is 18.0 Å². The zero-order valence-corrected chi connectivity index (χ0v) is 8.84. The minimum Gasteiger partial charge on any atom is -0.368 e. The molecular weight excluding hydrogens is 233 g/mol. The van der Waals surface area contributed by atoms with Gasteiger partial charge >= 0.3 is 0 Å². The van der Waals surface area contributed by atoms with Gasteiger partial charge in [-0.2, -0.15) is 0 Å². The first-order chi connectivity index (χ1) is 8.00. The number of carbonyl (C=O) groups is 1.